The van der Waals surface area contributed by atoms with Gasteiger partial charge in [-0.25, -0.2) is 4.39 Å². The summed E-state index contributed by atoms with van der Waals surface area (Å²) in [5.74, 6) is -0.402. The second-order valence-electron chi connectivity index (χ2n) is 8.46. The fourth-order valence-electron chi connectivity index (χ4n) is 4.02. The Morgan fingerprint density at radius 3 is 2.14 bits per heavy atom. The lowest BCUT2D eigenvalue weighted by Crippen LogP contribution is -2.09. The van der Waals surface area contributed by atoms with Crippen molar-refractivity contribution in [1.29, 1.82) is 0 Å². The Hall–Kier alpha value is -4.02. The number of aliphatic hydroxyl groups excluding tert-OH is 1. The Morgan fingerprint density at radius 1 is 0.917 bits per heavy atom. The van der Waals surface area contributed by atoms with E-state index in [1.807, 2.05) is 43.4 Å². The Morgan fingerprint density at radius 2 is 1.53 bits per heavy atom. The van der Waals surface area contributed by atoms with Gasteiger partial charge in [-0.15, -0.1) is 0 Å². The Bertz CT molecular complexity index is 1400. The first-order valence-electron chi connectivity index (χ1n) is 11.7. The zero-order valence-electron chi connectivity index (χ0n) is 20.3. The molecule has 0 aliphatic carbocycles. The predicted octanol–water partition coefficient (Wildman–Crippen LogP) is 9.36. The van der Waals surface area contributed by atoms with Crippen LogP contribution in [0, 0.1) is 5.82 Å². The average Bonchev–Trinajstić information content (AvgIpc) is 2.88. The lowest BCUT2D eigenvalue weighted by Gasteiger charge is -2.20. The third-order valence-corrected chi connectivity index (χ3v) is 6.17. The number of allylic oxidation sites excluding steroid dienone is 1. The molecule has 182 valence electrons. The second-order valence-corrected chi connectivity index (χ2v) is 8.90. The summed E-state index contributed by atoms with van der Waals surface area (Å²) in [6.07, 6.45) is 2.96. The monoisotopic (exact) mass is 498 g/mol. The van der Waals surface area contributed by atoms with Gasteiger partial charge in [-0.3, -0.25) is 0 Å². The lowest BCUT2D eigenvalue weighted by atomic mass is 9.94. The van der Waals surface area contributed by atoms with Gasteiger partial charge in [0.05, 0.1) is 5.69 Å². The van der Waals surface area contributed by atoms with Crippen molar-refractivity contribution in [2.75, 3.05) is 17.3 Å². The number of hydrogen-bond acceptors (Lipinski definition) is 3. The van der Waals surface area contributed by atoms with E-state index < -0.39 is 0 Å². The normalized spacial score (nSPS) is 11.3. The van der Waals surface area contributed by atoms with Crippen LogP contribution in [0.5, 0.6) is 0 Å². The summed E-state index contributed by atoms with van der Waals surface area (Å²) in [6.45, 7) is 5.78. The standard InChI is InChI=1S/C31H28ClFN2O/c1-4-7-29(22-10-14-27(15-11-22)35(3)28-16-12-25(32)13-17-28)24-18-23(21(2)36)19-26(20-24)34-31-9-6-5-8-30(31)33/h5-20,34,36H,2,4H2,1,3H3/b29-7-. The van der Waals surface area contributed by atoms with Gasteiger partial charge in [0.25, 0.3) is 0 Å². The van der Waals surface area contributed by atoms with Crippen LogP contribution in [0.25, 0.3) is 11.3 Å². The summed E-state index contributed by atoms with van der Waals surface area (Å²) in [6, 6.07) is 28.1. The van der Waals surface area contributed by atoms with E-state index in [0.29, 0.717) is 22.0 Å². The number of benzene rings is 4. The van der Waals surface area contributed by atoms with E-state index in [0.717, 1.165) is 34.5 Å². The molecule has 0 saturated heterocycles. The van der Waals surface area contributed by atoms with Crippen LogP contribution in [0.3, 0.4) is 0 Å². The first kappa shape index (κ1) is 25.1. The molecular formula is C31H28ClFN2O. The predicted molar refractivity (Wildman–Crippen MR) is 151 cm³/mol. The molecule has 0 aliphatic rings. The highest BCUT2D eigenvalue weighted by molar-refractivity contribution is 6.30. The van der Waals surface area contributed by atoms with Crippen LogP contribution in [-0.2, 0) is 0 Å². The van der Waals surface area contributed by atoms with Crippen molar-refractivity contribution >= 4 is 45.7 Å². The van der Waals surface area contributed by atoms with Crippen LogP contribution in [-0.4, -0.2) is 12.2 Å². The number of hydrogen-bond donors (Lipinski definition) is 2. The maximum atomic E-state index is 14.3. The number of anilines is 4. The third-order valence-electron chi connectivity index (χ3n) is 5.92. The maximum absolute atomic E-state index is 14.3. The molecule has 4 rings (SSSR count). The van der Waals surface area contributed by atoms with Crippen molar-refractivity contribution in [2.24, 2.45) is 0 Å². The first-order valence-corrected chi connectivity index (χ1v) is 12.1. The highest BCUT2D eigenvalue weighted by Gasteiger charge is 2.12. The molecule has 3 nitrogen and oxygen atoms in total. The average molecular weight is 499 g/mol. The molecule has 5 heteroatoms. The molecule has 0 aliphatic heterocycles. The fraction of sp³-hybridized carbons (Fsp3) is 0.0968. The maximum Gasteiger partial charge on any atom is 0.146 e. The van der Waals surface area contributed by atoms with Gasteiger partial charge in [0.2, 0.25) is 0 Å². The molecule has 0 atom stereocenters. The number of aliphatic hydroxyl groups is 1. The molecule has 0 unspecified atom stereocenters. The molecular weight excluding hydrogens is 471 g/mol. The second kappa shape index (κ2) is 11.1. The van der Waals surface area contributed by atoms with Crippen molar-refractivity contribution < 1.29 is 9.50 Å². The van der Waals surface area contributed by atoms with Crippen LogP contribution in [0.1, 0.15) is 30.0 Å². The number of rotatable bonds is 8. The minimum absolute atomic E-state index is 0.0516. The molecule has 0 bridgehead atoms. The number of halogens is 2. The smallest absolute Gasteiger partial charge is 0.146 e. The topological polar surface area (TPSA) is 35.5 Å². The van der Waals surface area contributed by atoms with E-state index in [2.05, 4.69) is 54.1 Å². The molecule has 0 aromatic heterocycles. The van der Waals surface area contributed by atoms with Crippen LogP contribution in [0.4, 0.5) is 27.1 Å². The Kier molecular flexibility index (Phi) is 7.77. The van der Waals surface area contributed by atoms with Crippen LogP contribution < -0.4 is 10.2 Å². The molecule has 0 radical (unpaired) electrons. The summed E-state index contributed by atoms with van der Waals surface area (Å²) >= 11 is 6.03. The number of nitrogens with one attached hydrogen (secondary N) is 1. The first-order chi connectivity index (χ1) is 17.4. The largest absolute Gasteiger partial charge is 0.508 e. The van der Waals surface area contributed by atoms with Crippen LogP contribution >= 0.6 is 11.6 Å². The van der Waals surface area contributed by atoms with Gasteiger partial charge in [0.15, 0.2) is 0 Å². The molecule has 2 N–H and O–H groups in total. The molecule has 0 amide bonds. The molecule has 0 saturated carbocycles. The van der Waals surface area contributed by atoms with Gasteiger partial charge >= 0.3 is 0 Å². The zero-order chi connectivity index (χ0) is 25.7. The van der Waals surface area contributed by atoms with E-state index in [4.69, 9.17) is 11.6 Å². The Balaban J connectivity index is 1.69. The van der Waals surface area contributed by atoms with E-state index in [-0.39, 0.29) is 11.6 Å². The van der Waals surface area contributed by atoms with Crippen molar-refractivity contribution in [1.82, 2.24) is 0 Å². The zero-order valence-corrected chi connectivity index (χ0v) is 21.1. The number of para-hydroxylation sites is 1. The van der Waals surface area contributed by atoms with E-state index in [1.165, 1.54) is 6.07 Å². The molecule has 0 spiro atoms. The van der Waals surface area contributed by atoms with Gasteiger partial charge in [-0.2, -0.15) is 0 Å². The van der Waals surface area contributed by atoms with Crippen molar-refractivity contribution in [3.63, 3.8) is 0 Å². The van der Waals surface area contributed by atoms with Gasteiger partial charge in [-0.05, 0) is 89.9 Å². The molecule has 0 heterocycles. The van der Waals surface area contributed by atoms with Gasteiger partial charge in [0, 0.05) is 34.7 Å². The van der Waals surface area contributed by atoms with E-state index in [9.17, 15) is 9.50 Å². The van der Waals surface area contributed by atoms with Crippen molar-refractivity contribution in [2.45, 2.75) is 13.3 Å². The van der Waals surface area contributed by atoms with Crippen molar-refractivity contribution in [3.05, 3.63) is 131 Å². The highest BCUT2D eigenvalue weighted by atomic mass is 35.5. The number of nitrogens with zero attached hydrogens (tertiary/aromatic N) is 1. The van der Waals surface area contributed by atoms with Crippen LogP contribution in [0.15, 0.2) is 104 Å². The van der Waals surface area contributed by atoms with E-state index >= 15 is 0 Å². The lowest BCUT2D eigenvalue weighted by molar-refractivity contribution is 0.514. The van der Waals surface area contributed by atoms with Crippen molar-refractivity contribution in [3.8, 4) is 0 Å². The molecule has 4 aromatic rings. The third kappa shape index (κ3) is 5.78. The molecule has 4 aromatic carbocycles. The van der Waals surface area contributed by atoms with Gasteiger partial charge in [0.1, 0.15) is 11.6 Å². The summed E-state index contributed by atoms with van der Waals surface area (Å²) in [5, 5.41) is 14.0. The van der Waals surface area contributed by atoms with Crippen LogP contribution in [0.2, 0.25) is 5.02 Å². The van der Waals surface area contributed by atoms with E-state index in [1.54, 1.807) is 24.3 Å². The minimum atomic E-state index is -0.350. The minimum Gasteiger partial charge on any atom is -0.508 e. The summed E-state index contributed by atoms with van der Waals surface area (Å²) in [5.41, 5.74) is 6.59. The molecule has 0 fully saturated rings. The molecule has 36 heavy (non-hydrogen) atoms. The highest BCUT2D eigenvalue weighted by Crippen LogP contribution is 2.33. The summed E-state index contributed by atoms with van der Waals surface area (Å²) in [4.78, 5) is 2.09. The van der Waals surface area contributed by atoms with Gasteiger partial charge in [-0.1, -0.05) is 55.4 Å². The van der Waals surface area contributed by atoms with Gasteiger partial charge < -0.3 is 15.3 Å². The fourth-order valence-corrected chi connectivity index (χ4v) is 4.15. The summed E-state index contributed by atoms with van der Waals surface area (Å²) < 4.78 is 14.3. The SMILES string of the molecule is C=C(O)c1cc(Nc2ccccc2F)cc(/C(=C\CC)c2ccc(N(C)c3ccc(Cl)cc3)cc2)c1. The summed E-state index contributed by atoms with van der Waals surface area (Å²) in [7, 11) is 2.01. The Labute approximate surface area is 216 Å². The quantitative estimate of drug-likeness (QED) is 0.237.